The Balaban J connectivity index is 2.34. The molecule has 0 nitrogen and oxygen atoms in total. The maximum Gasteiger partial charge on any atom is 0.00447 e. The second-order valence-electron chi connectivity index (χ2n) is 0.966. The normalized spacial score (nSPS) is 9.00. The van der Waals surface area contributed by atoms with Crippen molar-refractivity contribution in [3.63, 3.8) is 0 Å². The van der Waals surface area contributed by atoms with Crippen molar-refractivity contribution >= 4 is 24.4 Å². The average molecular weight is 120 g/mol. The summed E-state index contributed by atoms with van der Waals surface area (Å²) in [5, 5.41) is 0. The van der Waals surface area contributed by atoms with E-state index in [1.54, 1.807) is 11.8 Å². The molecule has 0 atom stereocenters. The van der Waals surface area contributed by atoms with Crippen LogP contribution in [0.15, 0.2) is 0 Å². The minimum absolute atomic E-state index is 0.878. The monoisotopic (exact) mass is 120 g/mol. The molecule has 0 unspecified atom stereocenters. The summed E-state index contributed by atoms with van der Waals surface area (Å²) in [7, 11) is 0. The van der Waals surface area contributed by atoms with Crippen LogP contribution in [-0.2, 0) is 0 Å². The first kappa shape index (κ1) is 6.70. The maximum absolute atomic E-state index is 4.68. The van der Waals surface area contributed by atoms with Crippen LogP contribution in [0.4, 0.5) is 0 Å². The van der Waals surface area contributed by atoms with E-state index in [1.807, 2.05) is 0 Å². The van der Waals surface area contributed by atoms with Crippen LogP contribution < -0.4 is 0 Å². The SMILES string of the molecule is [CH2]SCCC[S]. The summed E-state index contributed by atoms with van der Waals surface area (Å²) in [5.74, 6) is 1.99. The van der Waals surface area contributed by atoms with Crippen molar-refractivity contribution in [2.75, 3.05) is 11.5 Å². The molecule has 0 aromatic rings. The Morgan fingerprint density at radius 3 is 2.50 bits per heavy atom. The van der Waals surface area contributed by atoms with Crippen molar-refractivity contribution < 1.29 is 0 Å². The maximum atomic E-state index is 4.68. The van der Waals surface area contributed by atoms with Crippen LogP contribution in [0.1, 0.15) is 6.42 Å². The summed E-state index contributed by atoms with van der Waals surface area (Å²) in [6.07, 6.45) is 4.72. The summed E-state index contributed by atoms with van der Waals surface area (Å²) in [4.78, 5) is 0. The molecule has 36 valence electrons. The van der Waals surface area contributed by atoms with Gasteiger partial charge in [-0.15, -0.1) is 0 Å². The molecule has 0 bridgehead atoms. The second-order valence-corrected chi connectivity index (χ2v) is 2.19. The predicted molar refractivity (Wildman–Crippen MR) is 34.9 cm³/mol. The first-order valence-electron chi connectivity index (χ1n) is 1.87. The summed E-state index contributed by atoms with van der Waals surface area (Å²) in [6.45, 7) is 0. The number of hydrogen-bond acceptors (Lipinski definition) is 1. The van der Waals surface area contributed by atoms with Crippen LogP contribution >= 0.6 is 24.4 Å². The molecule has 0 rings (SSSR count). The molecule has 0 saturated carbocycles. The van der Waals surface area contributed by atoms with Crippen LogP contribution in [0, 0.1) is 6.26 Å². The van der Waals surface area contributed by atoms with Gasteiger partial charge in [0, 0.05) is 12.0 Å². The topological polar surface area (TPSA) is 0 Å². The lowest BCUT2D eigenvalue weighted by Gasteiger charge is -1.85. The summed E-state index contributed by atoms with van der Waals surface area (Å²) >= 11 is 6.29. The lowest BCUT2D eigenvalue weighted by molar-refractivity contribution is 1.13. The fourth-order valence-electron chi connectivity index (χ4n) is 0.161. The third kappa shape index (κ3) is 4.70. The third-order valence-corrected chi connectivity index (χ3v) is 1.30. The number of thioether (sulfide) groups is 1. The van der Waals surface area contributed by atoms with Crippen molar-refractivity contribution in [2.45, 2.75) is 6.42 Å². The van der Waals surface area contributed by atoms with Gasteiger partial charge in [0.15, 0.2) is 0 Å². The van der Waals surface area contributed by atoms with Gasteiger partial charge in [0.1, 0.15) is 0 Å². The third-order valence-electron chi connectivity index (χ3n) is 0.433. The highest BCUT2D eigenvalue weighted by Crippen LogP contribution is 1.97. The van der Waals surface area contributed by atoms with Crippen LogP contribution in [0.5, 0.6) is 0 Å². The van der Waals surface area contributed by atoms with E-state index in [4.69, 9.17) is 0 Å². The molecule has 0 heterocycles. The number of hydrogen-bond donors (Lipinski definition) is 0. The van der Waals surface area contributed by atoms with Gasteiger partial charge in [-0.05, 0) is 12.2 Å². The van der Waals surface area contributed by atoms with Crippen molar-refractivity contribution in [1.82, 2.24) is 0 Å². The van der Waals surface area contributed by atoms with E-state index in [1.165, 1.54) is 0 Å². The molecule has 0 spiro atoms. The molecular formula is C4H8S2. The standard InChI is InChI=1S/C4H8S2/c1-6-4-2-3-5/h1-4H2. The fourth-order valence-corrected chi connectivity index (χ4v) is 0.837. The Morgan fingerprint density at radius 1 is 1.67 bits per heavy atom. The smallest absolute Gasteiger partial charge is 0.00447 e. The molecule has 2 radical (unpaired) electrons. The Bertz CT molecular complexity index is 17.5. The highest BCUT2D eigenvalue weighted by atomic mass is 32.2. The predicted octanol–water partition coefficient (Wildman–Crippen LogP) is 2.10. The van der Waals surface area contributed by atoms with Gasteiger partial charge < -0.3 is 0 Å². The van der Waals surface area contributed by atoms with Crippen LogP contribution in [0.3, 0.4) is 0 Å². The van der Waals surface area contributed by atoms with Gasteiger partial charge in [-0.25, -0.2) is 0 Å². The molecular weight excluding hydrogens is 112 g/mol. The molecule has 2 heteroatoms. The zero-order chi connectivity index (χ0) is 4.83. The van der Waals surface area contributed by atoms with E-state index >= 15 is 0 Å². The van der Waals surface area contributed by atoms with Gasteiger partial charge in [0.2, 0.25) is 0 Å². The van der Waals surface area contributed by atoms with E-state index in [9.17, 15) is 0 Å². The summed E-state index contributed by atoms with van der Waals surface area (Å²) < 4.78 is 0. The summed E-state index contributed by atoms with van der Waals surface area (Å²) in [5.41, 5.74) is 0. The zero-order valence-corrected chi connectivity index (χ0v) is 5.28. The molecule has 0 N–H and O–H groups in total. The highest BCUT2D eigenvalue weighted by Gasteiger charge is 1.76. The van der Waals surface area contributed by atoms with Crippen molar-refractivity contribution in [3.8, 4) is 0 Å². The second kappa shape index (κ2) is 5.70. The molecule has 6 heavy (non-hydrogen) atoms. The molecule has 0 fully saturated rings. The van der Waals surface area contributed by atoms with E-state index in [-0.39, 0.29) is 0 Å². The van der Waals surface area contributed by atoms with Gasteiger partial charge in [-0.2, -0.15) is 11.8 Å². The van der Waals surface area contributed by atoms with Gasteiger partial charge in [-0.3, -0.25) is 0 Å². The van der Waals surface area contributed by atoms with Crippen LogP contribution in [0.25, 0.3) is 0 Å². The van der Waals surface area contributed by atoms with E-state index in [2.05, 4.69) is 18.9 Å². The Labute approximate surface area is 49.1 Å². The molecule has 0 aromatic carbocycles. The number of rotatable bonds is 3. The molecule has 0 aromatic heterocycles. The minimum Gasteiger partial charge on any atom is -0.161 e. The van der Waals surface area contributed by atoms with Gasteiger partial charge in [-0.1, -0.05) is 12.6 Å². The minimum atomic E-state index is 0.878. The van der Waals surface area contributed by atoms with Gasteiger partial charge in [0.25, 0.3) is 0 Å². The molecule has 0 aliphatic rings. The lowest BCUT2D eigenvalue weighted by atomic mass is 10.6. The van der Waals surface area contributed by atoms with Crippen molar-refractivity contribution in [3.05, 3.63) is 6.26 Å². The zero-order valence-electron chi connectivity index (χ0n) is 3.64. The van der Waals surface area contributed by atoms with Crippen LogP contribution in [0.2, 0.25) is 0 Å². The van der Waals surface area contributed by atoms with Crippen molar-refractivity contribution in [1.29, 1.82) is 0 Å². The van der Waals surface area contributed by atoms with Crippen LogP contribution in [-0.4, -0.2) is 11.5 Å². The van der Waals surface area contributed by atoms with Gasteiger partial charge in [0.05, 0.1) is 0 Å². The quantitative estimate of drug-likeness (QED) is 0.514. The molecule has 0 amide bonds. The Hall–Kier alpha value is 0.700. The molecule has 0 aliphatic carbocycles. The molecule has 0 aliphatic heterocycles. The highest BCUT2D eigenvalue weighted by molar-refractivity contribution is 8.00. The fraction of sp³-hybridized carbons (Fsp3) is 0.750. The lowest BCUT2D eigenvalue weighted by Crippen LogP contribution is -1.74. The first-order chi connectivity index (χ1) is 2.91. The van der Waals surface area contributed by atoms with E-state index in [0.29, 0.717) is 0 Å². The first-order valence-corrected chi connectivity index (χ1v) is 3.60. The average Bonchev–Trinajstić information content (AvgIpc) is 1.61. The molecule has 0 saturated heterocycles. The largest absolute Gasteiger partial charge is 0.161 e. The van der Waals surface area contributed by atoms with Gasteiger partial charge >= 0.3 is 0 Å². The Kier molecular flexibility index (Phi) is 6.36. The van der Waals surface area contributed by atoms with Crippen molar-refractivity contribution in [2.24, 2.45) is 0 Å². The van der Waals surface area contributed by atoms with E-state index < -0.39 is 0 Å². The van der Waals surface area contributed by atoms with E-state index in [0.717, 1.165) is 17.9 Å². The summed E-state index contributed by atoms with van der Waals surface area (Å²) in [6, 6.07) is 0. The Morgan fingerprint density at radius 2 is 2.33 bits per heavy atom.